The van der Waals surface area contributed by atoms with Gasteiger partial charge in [0.1, 0.15) is 0 Å². The van der Waals surface area contributed by atoms with Gasteiger partial charge in [-0.25, -0.2) is 0 Å². The molecule has 0 bridgehead atoms. The fourth-order valence-electron chi connectivity index (χ4n) is 2.50. The van der Waals surface area contributed by atoms with E-state index in [-0.39, 0.29) is 11.8 Å². The molecule has 0 saturated carbocycles. The fraction of sp³-hybridized carbons (Fsp3) is 0.533. The molecule has 1 saturated heterocycles. The van der Waals surface area contributed by atoms with Gasteiger partial charge in [0.15, 0.2) is 0 Å². The molecule has 1 aromatic carbocycles. The third-order valence-electron chi connectivity index (χ3n) is 3.66. The van der Waals surface area contributed by atoms with Crippen LogP contribution >= 0.6 is 11.6 Å². The summed E-state index contributed by atoms with van der Waals surface area (Å²) >= 11 is 6.17. The molecule has 1 N–H and O–H groups in total. The molecule has 1 aliphatic rings. The summed E-state index contributed by atoms with van der Waals surface area (Å²) in [7, 11) is 0. The predicted molar refractivity (Wildman–Crippen MR) is 78.1 cm³/mol. The Kier molecular flexibility index (Phi) is 5.23. The second-order valence-electron chi connectivity index (χ2n) is 4.99. The Bertz CT molecular complexity index is 430. The van der Waals surface area contributed by atoms with Crippen molar-refractivity contribution >= 4 is 17.5 Å². The van der Waals surface area contributed by atoms with Crippen LogP contribution in [0.3, 0.4) is 0 Å². The number of carbonyl (C=O) groups is 1. The van der Waals surface area contributed by atoms with Gasteiger partial charge in [-0.15, -0.1) is 0 Å². The monoisotopic (exact) mass is 280 g/mol. The van der Waals surface area contributed by atoms with Crippen molar-refractivity contribution < 1.29 is 4.79 Å². The van der Waals surface area contributed by atoms with Crippen LogP contribution in [0.1, 0.15) is 25.3 Å². The molecule has 1 aromatic rings. The smallest absolute Gasteiger partial charge is 0.227 e. The van der Waals surface area contributed by atoms with E-state index in [4.69, 9.17) is 11.6 Å². The molecule has 1 fully saturated rings. The largest absolute Gasteiger partial charge is 0.338 e. The first kappa shape index (κ1) is 14.4. The molecule has 104 valence electrons. The average molecular weight is 281 g/mol. The van der Waals surface area contributed by atoms with E-state index in [0.717, 1.165) is 43.1 Å². The molecule has 3 nitrogen and oxygen atoms in total. The minimum Gasteiger partial charge on any atom is -0.338 e. The normalized spacial score (nSPS) is 19.2. The first-order valence-corrected chi connectivity index (χ1v) is 7.33. The number of carbonyl (C=O) groups excluding carboxylic acids is 1. The molecule has 1 amide bonds. The fourth-order valence-corrected chi connectivity index (χ4v) is 2.69. The summed E-state index contributed by atoms with van der Waals surface area (Å²) in [5, 5.41) is 4.03. The van der Waals surface area contributed by atoms with Crippen molar-refractivity contribution in [2.45, 2.75) is 26.3 Å². The molecule has 0 aliphatic carbocycles. The highest BCUT2D eigenvalue weighted by Crippen LogP contribution is 2.19. The molecular formula is C15H21ClN2O. The quantitative estimate of drug-likeness (QED) is 0.920. The molecule has 19 heavy (non-hydrogen) atoms. The Morgan fingerprint density at radius 3 is 2.89 bits per heavy atom. The van der Waals surface area contributed by atoms with Gasteiger partial charge in [-0.2, -0.15) is 0 Å². The summed E-state index contributed by atoms with van der Waals surface area (Å²) in [6.07, 6.45) is 2.07. The molecule has 0 spiro atoms. The Balaban J connectivity index is 2.03. The lowest BCUT2D eigenvalue weighted by Gasteiger charge is -2.29. The lowest BCUT2D eigenvalue weighted by molar-refractivity contribution is -0.136. The zero-order valence-electron chi connectivity index (χ0n) is 11.4. The highest BCUT2D eigenvalue weighted by atomic mass is 35.5. The van der Waals surface area contributed by atoms with Gasteiger partial charge < -0.3 is 10.2 Å². The van der Waals surface area contributed by atoms with E-state index in [1.54, 1.807) is 0 Å². The van der Waals surface area contributed by atoms with E-state index in [1.807, 2.05) is 36.1 Å². The minimum atomic E-state index is 0.121. The van der Waals surface area contributed by atoms with Crippen LogP contribution in [-0.2, 0) is 11.3 Å². The van der Waals surface area contributed by atoms with Crippen molar-refractivity contribution in [3.8, 4) is 0 Å². The van der Waals surface area contributed by atoms with Crippen molar-refractivity contribution in [2.75, 3.05) is 19.6 Å². The zero-order valence-corrected chi connectivity index (χ0v) is 12.1. The number of piperidine rings is 1. The van der Waals surface area contributed by atoms with Gasteiger partial charge in [-0.05, 0) is 37.9 Å². The molecule has 0 unspecified atom stereocenters. The number of amides is 1. The lowest BCUT2D eigenvalue weighted by Crippen LogP contribution is -2.42. The highest BCUT2D eigenvalue weighted by Gasteiger charge is 2.25. The molecule has 4 heteroatoms. The number of nitrogens with zero attached hydrogens (tertiary/aromatic N) is 1. The Hall–Kier alpha value is -1.06. The van der Waals surface area contributed by atoms with E-state index in [9.17, 15) is 4.79 Å². The van der Waals surface area contributed by atoms with Crippen molar-refractivity contribution in [3.05, 3.63) is 34.9 Å². The number of benzene rings is 1. The van der Waals surface area contributed by atoms with Crippen LogP contribution in [0.4, 0.5) is 0 Å². The third kappa shape index (κ3) is 3.71. The summed E-state index contributed by atoms with van der Waals surface area (Å²) in [4.78, 5) is 14.4. The average Bonchev–Trinajstić information content (AvgIpc) is 2.47. The van der Waals surface area contributed by atoms with Crippen molar-refractivity contribution in [2.24, 2.45) is 5.92 Å². The van der Waals surface area contributed by atoms with Gasteiger partial charge >= 0.3 is 0 Å². The number of hydrogen-bond acceptors (Lipinski definition) is 2. The SMILES string of the molecule is CCN(Cc1ccccc1Cl)C(=O)[C@H]1CCCNC1. The van der Waals surface area contributed by atoms with Crippen LogP contribution in [0.15, 0.2) is 24.3 Å². The first-order valence-electron chi connectivity index (χ1n) is 6.95. The van der Waals surface area contributed by atoms with E-state index in [1.165, 1.54) is 0 Å². The summed E-state index contributed by atoms with van der Waals surface area (Å²) in [6.45, 7) is 5.18. The third-order valence-corrected chi connectivity index (χ3v) is 4.03. The van der Waals surface area contributed by atoms with Crippen LogP contribution in [0.2, 0.25) is 5.02 Å². The van der Waals surface area contributed by atoms with Crippen LogP contribution in [0.5, 0.6) is 0 Å². The maximum absolute atomic E-state index is 12.5. The number of nitrogens with one attached hydrogen (secondary N) is 1. The molecule has 2 rings (SSSR count). The van der Waals surface area contributed by atoms with Gasteiger partial charge in [0, 0.05) is 24.7 Å². The van der Waals surface area contributed by atoms with E-state index < -0.39 is 0 Å². The van der Waals surface area contributed by atoms with E-state index in [0.29, 0.717) is 6.54 Å². The minimum absolute atomic E-state index is 0.121. The molecule has 0 radical (unpaired) electrons. The van der Waals surface area contributed by atoms with Gasteiger partial charge in [0.2, 0.25) is 5.91 Å². The first-order chi connectivity index (χ1) is 9.22. The van der Waals surface area contributed by atoms with Gasteiger partial charge in [-0.1, -0.05) is 29.8 Å². The maximum atomic E-state index is 12.5. The van der Waals surface area contributed by atoms with Crippen LogP contribution in [0.25, 0.3) is 0 Å². The zero-order chi connectivity index (χ0) is 13.7. The summed E-state index contributed by atoms with van der Waals surface area (Å²) < 4.78 is 0. The molecule has 1 atom stereocenters. The number of halogens is 1. The van der Waals surface area contributed by atoms with Crippen LogP contribution in [-0.4, -0.2) is 30.4 Å². The second-order valence-corrected chi connectivity index (χ2v) is 5.39. The van der Waals surface area contributed by atoms with Crippen LogP contribution < -0.4 is 5.32 Å². The van der Waals surface area contributed by atoms with Gasteiger partial charge in [0.25, 0.3) is 0 Å². The standard InChI is InChI=1S/C15H21ClN2O/c1-2-18(11-13-6-3-4-8-14(13)16)15(19)12-7-5-9-17-10-12/h3-4,6,8,12,17H,2,5,7,9-11H2,1H3/t12-/m0/s1. The number of hydrogen-bond donors (Lipinski definition) is 1. The number of rotatable bonds is 4. The summed E-state index contributed by atoms with van der Waals surface area (Å²) in [5.74, 6) is 0.366. The summed E-state index contributed by atoms with van der Waals surface area (Å²) in [6, 6.07) is 7.73. The topological polar surface area (TPSA) is 32.3 Å². The molecule has 1 aliphatic heterocycles. The van der Waals surface area contributed by atoms with Crippen molar-refractivity contribution in [1.82, 2.24) is 10.2 Å². The van der Waals surface area contributed by atoms with E-state index >= 15 is 0 Å². The molecule has 0 aromatic heterocycles. The van der Waals surface area contributed by atoms with Crippen LogP contribution in [0, 0.1) is 5.92 Å². The van der Waals surface area contributed by atoms with Gasteiger partial charge in [-0.3, -0.25) is 4.79 Å². The van der Waals surface area contributed by atoms with Crippen molar-refractivity contribution in [1.29, 1.82) is 0 Å². The molecule has 1 heterocycles. The highest BCUT2D eigenvalue weighted by molar-refractivity contribution is 6.31. The Morgan fingerprint density at radius 2 is 2.26 bits per heavy atom. The maximum Gasteiger partial charge on any atom is 0.227 e. The van der Waals surface area contributed by atoms with Crippen molar-refractivity contribution in [3.63, 3.8) is 0 Å². The van der Waals surface area contributed by atoms with E-state index in [2.05, 4.69) is 5.32 Å². The Labute approximate surface area is 119 Å². The molecular weight excluding hydrogens is 260 g/mol. The van der Waals surface area contributed by atoms with Gasteiger partial charge in [0.05, 0.1) is 5.92 Å². The second kappa shape index (κ2) is 6.92. The predicted octanol–water partition coefficient (Wildman–Crippen LogP) is 2.69. The summed E-state index contributed by atoms with van der Waals surface area (Å²) in [5.41, 5.74) is 1.02. The lowest BCUT2D eigenvalue weighted by atomic mass is 9.98. The Morgan fingerprint density at radius 1 is 1.47 bits per heavy atom.